The van der Waals surface area contributed by atoms with Crippen molar-refractivity contribution in [2.75, 3.05) is 13.1 Å². The van der Waals surface area contributed by atoms with E-state index in [1.807, 2.05) is 30.3 Å². The molecule has 100 valence electrons. The van der Waals surface area contributed by atoms with Crippen molar-refractivity contribution in [3.8, 4) is 0 Å². The van der Waals surface area contributed by atoms with E-state index < -0.39 is 0 Å². The van der Waals surface area contributed by atoms with E-state index in [4.69, 9.17) is 4.74 Å². The minimum atomic E-state index is -0.308. The number of piperidine rings is 1. The third-order valence-corrected chi connectivity index (χ3v) is 3.16. The molecule has 0 radical (unpaired) electrons. The van der Waals surface area contributed by atoms with E-state index in [0.29, 0.717) is 25.9 Å². The van der Waals surface area contributed by atoms with E-state index in [-0.39, 0.29) is 18.7 Å². The Kier molecular flexibility index (Phi) is 4.70. The predicted octanol–water partition coefficient (Wildman–Crippen LogP) is 2.12. The molecular formula is C14H16N2O3. The molecule has 0 spiro atoms. The second kappa shape index (κ2) is 6.71. The molecule has 0 N–H and O–H groups in total. The molecule has 1 aliphatic heterocycles. The molecule has 1 amide bonds. The van der Waals surface area contributed by atoms with Crippen molar-refractivity contribution in [3.63, 3.8) is 0 Å². The summed E-state index contributed by atoms with van der Waals surface area (Å²) in [5.74, 6) is 0. The van der Waals surface area contributed by atoms with Crippen LogP contribution in [-0.4, -0.2) is 36.2 Å². The number of ether oxygens (including phenoxy) is 1. The first-order valence-electron chi connectivity index (χ1n) is 6.32. The zero-order chi connectivity index (χ0) is 13.5. The van der Waals surface area contributed by atoms with Gasteiger partial charge in [0.1, 0.15) is 6.61 Å². The summed E-state index contributed by atoms with van der Waals surface area (Å²) in [6.45, 7) is 1.43. The lowest BCUT2D eigenvalue weighted by molar-refractivity contribution is 0.0874. The van der Waals surface area contributed by atoms with Crippen LogP contribution in [0.5, 0.6) is 0 Å². The van der Waals surface area contributed by atoms with E-state index in [0.717, 1.165) is 5.56 Å². The first-order chi connectivity index (χ1) is 9.29. The standard InChI is InChI=1S/C14H16N2O3/c17-11-15-13-6-8-16(9-7-13)14(18)19-10-12-4-2-1-3-5-12/h1-5,13H,6-10H2. The molecule has 1 aromatic carbocycles. The molecule has 1 fully saturated rings. The Bertz CT molecular complexity index is 461. The van der Waals surface area contributed by atoms with Crippen LogP contribution in [0.15, 0.2) is 35.3 Å². The average molecular weight is 260 g/mol. The minimum absolute atomic E-state index is 0.00401. The van der Waals surface area contributed by atoms with E-state index in [2.05, 4.69) is 4.99 Å². The first-order valence-corrected chi connectivity index (χ1v) is 6.32. The van der Waals surface area contributed by atoms with E-state index >= 15 is 0 Å². The lowest BCUT2D eigenvalue weighted by Gasteiger charge is -2.28. The number of carbonyl (C=O) groups is 1. The van der Waals surface area contributed by atoms with Crippen LogP contribution in [0.4, 0.5) is 4.79 Å². The third kappa shape index (κ3) is 3.93. The molecule has 5 nitrogen and oxygen atoms in total. The van der Waals surface area contributed by atoms with E-state index in [9.17, 15) is 9.59 Å². The van der Waals surface area contributed by atoms with Gasteiger partial charge in [-0.05, 0) is 18.4 Å². The van der Waals surface area contributed by atoms with Crippen LogP contribution in [-0.2, 0) is 16.1 Å². The Morgan fingerprint density at radius 3 is 2.63 bits per heavy atom. The number of nitrogens with zero attached hydrogens (tertiary/aromatic N) is 2. The Morgan fingerprint density at radius 1 is 1.32 bits per heavy atom. The van der Waals surface area contributed by atoms with Crippen LogP contribution >= 0.6 is 0 Å². The van der Waals surface area contributed by atoms with Crippen molar-refractivity contribution in [2.45, 2.75) is 25.5 Å². The van der Waals surface area contributed by atoms with Gasteiger partial charge < -0.3 is 9.64 Å². The summed E-state index contributed by atoms with van der Waals surface area (Å²) >= 11 is 0. The van der Waals surface area contributed by atoms with Gasteiger partial charge in [-0.25, -0.2) is 14.6 Å². The van der Waals surface area contributed by atoms with Crippen LogP contribution in [0.3, 0.4) is 0 Å². The van der Waals surface area contributed by atoms with E-state index in [1.54, 1.807) is 11.0 Å². The van der Waals surface area contributed by atoms with Crippen molar-refractivity contribution < 1.29 is 14.3 Å². The Balaban J connectivity index is 1.77. The largest absolute Gasteiger partial charge is 0.445 e. The first kappa shape index (κ1) is 13.3. The maximum absolute atomic E-state index is 11.8. The number of isocyanates is 1. The molecule has 5 heteroatoms. The zero-order valence-electron chi connectivity index (χ0n) is 10.6. The van der Waals surface area contributed by atoms with Crippen molar-refractivity contribution in [3.05, 3.63) is 35.9 Å². The van der Waals surface area contributed by atoms with Gasteiger partial charge in [-0.1, -0.05) is 30.3 Å². The molecule has 1 aromatic rings. The second-order valence-corrected chi connectivity index (χ2v) is 4.48. The van der Waals surface area contributed by atoms with Crippen LogP contribution in [0.1, 0.15) is 18.4 Å². The summed E-state index contributed by atoms with van der Waals surface area (Å²) in [6, 6.07) is 9.56. The number of likely N-dealkylation sites (tertiary alicyclic amines) is 1. The van der Waals surface area contributed by atoms with Gasteiger partial charge in [0.15, 0.2) is 0 Å². The molecule has 0 saturated carbocycles. The average Bonchev–Trinajstić information content (AvgIpc) is 2.47. The quantitative estimate of drug-likeness (QED) is 0.618. The molecule has 0 aliphatic carbocycles. The van der Waals surface area contributed by atoms with Gasteiger partial charge in [0.25, 0.3) is 0 Å². The molecule has 19 heavy (non-hydrogen) atoms. The van der Waals surface area contributed by atoms with Gasteiger partial charge in [0.2, 0.25) is 6.08 Å². The smallest absolute Gasteiger partial charge is 0.410 e. The van der Waals surface area contributed by atoms with Gasteiger partial charge in [0, 0.05) is 13.1 Å². The maximum atomic E-state index is 11.8. The van der Waals surface area contributed by atoms with Crippen LogP contribution < -0.4 is 0 Å². The fourth-order valence-electron chi connectivity index (χ4n) is 2.06. The Labute approximate surface area is 111 Å². The second-order valence-electron chi connectivity index (χ2n) is 4.48. The fourth-order valence-corrected chi connectivity index (χ4v) is 2.06. The van der Waals surface area contributed by atoms with Gasteiger partial charge in [0.05, 0.1) is 6.04 Å². The van der Waals surface area contributed by atoms with Gasteiger partial charge >= 0.3 is 6.09 Å². The van der Waals surface area contributed by atoms with Crippen LogP contribution in [0, 0.1) is 0 Å². The summed E-state index contributed by atoms with van der Waals surface area (Å²) in [5.41, 5.74) is 0.969. The van der Waals surface area contributed by atoms with Crippen molar-refractivity contribution >= 4 is 12.2 Å². The predicted molar refractivity (Wildman–Crippen MR) is 69.3 cm³/mol. The summed E-state index contributed by atoms with van der Waals surface area (Å²) in [5, 5.41) is 0. The number of hydrogen-bond donors (Lipinski definition) is 0. The maximum Gasteiger partial charge on any atom is 0.410 e. The van der Waals surface area contributed by atoms with Crippen LogP contribution in [0.2, 0.25) is 0 Å². The third-order valence-electron chi connectivity index (χ3n) is 3.16. The summed E-state index contributed by atoms with van der Waals surface area (Å²) in [7, 11) is 0. The van der Waals surface area contributed by atoms with Crippen molar-refractivity contribution in [2.24, 2.45) is 4.99 Å². The molecule has 1 heterocycles. The number of benzene rings is 1. The monoisotopic (exact) mass is 260 g/mol. The molecular weight excluding hydrogens is 244 g/mol. The molecule has 0 unspecified atom stereocenters. The number of aliphatic imine (C=N–C) groups is 1. The van der Waals surface area contributed by atoms with Crippen LogP contribution in [0.25, 0.3) is 0 Å². The molecule has 0 atom stereocenters. The Morgan fingerprint density at radius 2 is 2.00 bits per heavy atom. The SMILES string of the molecule is O=C=NC1CCN(C(=O)OCc2ccccc2)CC1. The van der Waals surface area contributed by atoms with Crippen molar-refractivity contribution in [1.29, 1.82) is 0 Å². The molecule has 1 aliphatic rings. The molecule has 0 aromatic heterocycles. The highest BCUT2D eigenvalue weighted by molar-refractivity contribution is 5.67. The number of rotatable bonds is 3. The number of carbonyl (C=O) groups excluding carboxylic acids is 2. The summed E-state index contributed by atoms with van der Waals surface area (Å²) in [6.07, 6.45) is 2.64. The minimum Gasteiger partial charge on any atom is -0.445 e. The normalized spacial score (nSPS) is 15.7. The fraction of sp³-hybridized carbons (Fsp3) is 0.429. The van der Waals surface area contributed by atoms with Gasteiger partial charge in [-0.3, -0.25) is 0 Å². The highest BCUT2D eigenvalue weighted by Gasteiger charge is 2.23. The number of amides is 1. The summed E-state index contributed by atoms with van der Waals surface area (Å²) < 4.78 is 5.24. The Hall–Kier alpha value is -2.13. The molecule has 2 rings (SSSR count). The van der Waals surface area contributed by atoms with E-state index in [1.165, 1.54) is 0 Å². The van der Waals surface area contributed by atoms with Gasteiger partial charge in [-0.2, -0.15) is 0 Å². The zero-order valence-corrected chi connectivity index (χ0v) is 10.6. The highest BCUT2D eigenvalue weighted by Crippen LogP contribution is 2.14. The molecule has 0 bridgehead atoms. The number of hydrogen-bond acceptors (Lipinski definition) is 4. The van der Waals surface area contributed by atoms with Crippen molar-refractivity contribution in [1.82, 2.24) is 4.90 Å². The van der Waals surface area contributed by atoms with Gasteiger partial charge in [-0.15, -0.1) is 0 Å². The lowest BCUT2D eigenvalue weighted by Crippen LogP contribution is -2.39. The topological polar surface area (TPSA) is 59.0 Å². The molecule has 1 saturated heterocycles. The summed E-state index contributed by atoms with van der Waals surface area (Å²) in [4.78, 5) is 27.3. The lowest BCUT2D eigenvalue weighted by atomic mass is 10.1. The highest BCUT2D eigenvalue weighted by atomic mass is 16.6.